The lowest BCUT2D eigenvalue weighted by Crippen LogP contribution is -2.12. The largest absolute Gasteiger partial charge is 0.346 e. The topological polar surface area (TPSA) is 24.4 Å². The molecular formula is C15H9ClF2N2S. The molecule has 0 saturated heterocycles. The van der Waals surface area contributed by atoms with Crippen molar-refractivity contribution in [2.75, 3.05) is 11.9 Å². The first-order chi connectivity index (χ1) is 10.1. The van der Waals surface area contributed by atoms with Crippen LogP contribution in [0.15, 0.2) is 41.4 Å². The molecule has 2 aromatic rings. The smallest absolute Gasteiger partial charge is 0.148 e. The average Bonchev–Trinajstić information content (AvgIpc) is 2.59. The second-order valence-electron chi connectivity index (χ2n) is 4.50. The Morgan fingerprint density at radius 3 is 2.62 bits per heavy atom. The number of rotatable bonds is 1. The molecule has 3 rings (SSSR count). The highest BCUT2D eigenvalue weighted by Gasteiger charge is 2.22. The molecule has 0 amide bonds. The van der Waals surface area contributed by atoms with Crippen LogP contribution < -0.4 is 5.32 Å². The van der Waals surface area contributed by atoms with Crippen molar-refractivity contribution in [3.05, 3.63) is 64.2 Å². The van der Waals surface area contributed by atoms with Crippen LogP contribution in [0.25, 0.3) is 0 Å². The Labute approximate surface area is 130 Å². The number of aliphatic imine (C=N–C) groups is 1. The zero-order valence-electron chi connectivity index (χ0n) is 10.7. The van der Waals surface area contributed by atoms with Crippen molar-refractivity contribution in [3.8, 4) is 0 Å². The molecule has 0 saturated carbocycles. The summed E-state index contributed by atoms with van der Waals surface area (Å²) in [5, 5.41) is 3.01. The average molecular weight is 323 g/mol. The molecule has 2 aromatic carbocycles. The van der Waals surface area contributed by atoms with Crippen molar-refractivity contribution >= 4 is 40.2 Å². The quantitative estimate of drug-likeness (QED) is 0.795. The zero-order chi connectivity index (χ0) is 15.0. The molecular weight excluding hydrogens is 314 g/mol. The van der Waals surface area contributed by atoms with Crippen molar-refractivity contribution in [3.63, 3.8) is 0 Å². The summed E-state index contributed by atoms with van der Waals surface area (Å²) in [6.45, 7) is 0.157. The predicted molar refractivity (Wildman–Crippen MR) is 84.5 cm³/mol. The summed E-state index contributed by atoms with van der Waals surface area (Å²) in [4.78, 5) is 4.67. The fraction of sp³-hybridized carbons (Fsp3) is 0.0667. The Morgan fingerprint density at radius 2 is 1.86 bits per heavy atom. The number of benzene rings is 2. The van der Waals surface area contributed by atoms with Crippen LogP contribution >= 0.6 is 23.8 Å². The monoisotopic (exact) mass is 322 g/mol. The first-order valence-electron chi connectivity index (χ1n) is 6.15. The fourth-order valence-electron chi connectivity index (χ4n) is 2.19. The first kappa shape index (κ1) is 14.1. The molecule has 0 unspecified atom stereocenters. The first-order valence-corrected chi connectivity index (χ1v) is 6.93. The van der Waals surface area contributed by atoms with Gasteiger partial charge >= 0.3 is 0 Å². The third kappa shape index (κ3) is 2.66. The number of anilines is 1. The van der Waals surface area contributed by atoms with E-state index in [0.29, 0.717) is 16.3 Å². The molecule has 0 aliphatic carbocycles. The van der Waals surface area contributed by atoms with E-state index in [0.717, 1.165) is 0 Å². The number of nitrogens with one attached hydrogen (secondary N) is 1. The molecule has 21 heavy (non-hydrogen) atoms. The van der Waals surface area contributed by atoms with E-state index >= 15 is 0 Å². The van der Waals surface area contributed by atoms with Crippen LogP contribution in [-0.2, 0) is 0 Å². The fourth-order valence-corrected chi connectivity index (χ4v) is 2.56. The van der Waals surface area contributed by atoms with E-state index in [4.69, 9.17) is 23.8 Å². The van der Waals surface area contributed by atoms with Gasteiger partial charge in [-0.2, -0.15) is 0 Å². The maximum atomic E-state index is 14.1. The molecule has 6 heteroatoms. The molecule has 2 nitrogen and oxygen atoms in total. The Bertz CT molecular complexity index is 774. The normalized spacial score (nSPS) is 14.0. The van der Waals surface area contributed by atoms with Gasteiger partial charge in [0.25, 0.3) is 0 Å². The van der Waals surface area contributed by atoms with E-state index in [2.05, 4.69) is 10.3 Å². The summed E-state index contributed by atoms with van der Waals surface area (Å²) in [5.41, 5.74) is 1.18. The van der Waals surface area contributed by atoms with E-state index in [9.17, 15) is 8.78 Å². The third-order valence-corrected chi connectivity index (χ3v) is 3.53. The Hall–Kier alpha value is -1.85. The molecule has 0 atom stereocenters. The minimum absolute atomic E-state index is 0.157. The molecule has 0 fully saturated rings. The lowest BCUT2D eigenvalue weighted by molar-refractivity contribution is 0.624. The van der Waals surface area contributed by atoms with Crippen molar-refractivity contribution in [2.45, 2.75) is 0 Å². The molecule has 0 radical (unpaired) electrons. The summed E-state index contributed by atoms with van der Waals surface area (Å²) in [5.74, 6) is -0.985. The van der Waals surface area contributed by atoms with Gasteiger partial charge in [-0.3, -0.25) is 4.99 Å². The lowest BCUT2D eigenvalue weighted by Gasteiger charge is -2.12. The minimum atomic E-state index is -0.550. The molecule has 0 spiro atoms. The maximum absolute atomic E-state index is 14.1. The van der Waals surface area contributed by atoms with Gasteiger partial charge in [-0.25, -0.2) is 8.78 Å². The molecule has 0 bridgehead atoms. The SMILES string of the molecule is Fc1ccccc1C1=NCC(=S)Nc2c(F)cc(Cl)cc21. The Morgan fingerprint density at radius 1 is 1.10 bits per heavy atom. The summed E-state index contributed by atoms with van der Waals surface area (Å²) >= 11 is 11.0. The lowest BCUT2D eigenvalue weighted by atomic mass is 10.00. The van der Waals surface area contributed by atoms with Crippen LogP contribution in [0, 0.1) is 11.6 Å². The van der Waals surface area contributed by atoms with Crippen molar-refractivity contribution in [2.24, 2.45) is 4.99 Å². The summed E-state index contributed by atoms with van der Waals surface area (Å²) in [7, 11) is 0. The van der Waals surface area contributed by atoms with Crippen molar-refractivity contribution in [1.82, 2.24) is 0 Å². The van der Waals surface area contributed by atoms with Crippen LogP contribution in [0.1, 0.15) is 11.1 Å². The number of fused-ring (bicyclic) bond motifs is 1. The van der Waals surface area contributed by atoms with Gasteiger partial charge in [-0.05, 0) is 24.3 Å². The Kier molecular flexibility index (Phi) is 3.69. The van der Waals surface area contributed by atoms with Crippen molar-refractivity contribution in [1.29, 1.82) is 0 Å². The molecule has 1 aliphatic heterocycles. The molecule has 106 valence electrons. The molecule has 1 N–H and O–H groups in total. The van der Waals surface area contributed by atoms with Crippen molar-refractivity contribution < 1.29 is 8.78 Å². The minimum Gasteiger partial charge on any atom is -0.346 e. The molecule has 1 heterocycles. The number of hydrogen-bond acceptors (Lipinski definition) is 2. The van der Waals surface area contributed by atoms with E-state index in [-0.39, 0.29) is 22.8 Å². The zero-order valence-corrected chi connectivity index (χ0v) is 12.2. The molecule has 0 aromatic heterocycles. The highest BCUT2D eigenvalue weighted by Crippen LogP contribution is 2.29. The number of thiocarbonyl (C=S) groups is 1. The molecule has 1 aliphatic rings. The Balaban J connectivity index is 2.28. The van der Waals surface area contributed by atoms with Crippen LogP contribution in [0.3, 0.4) is 0 Å². The summed E-state index contributed by atoms with van der Waals surface area (Å²) in [6.07, 6.45) is 0. The number of hydrogen-bond donors (Lipinski definition) is 1. The van der Waals surface area contributed by atoms with Gasteiger partial charge in [0, 0.05) is 16.1 Å². The van der Waals surface area contributed by atoms with Gasteiger partial charge in [0.05, 0.1) is 17.9 Å². The van der Waals surface area contributed by atoms with Gasteiger partial charge in [-0.1, -0.05) is 36.0 Å². The van der Waals surface area contributed by atoms with Gasteiger partial charge in [-0.15, -0.1) is 0 Å². The van der Waals surface area contributed by atoms with Crippen LogP contribution in [-0.4, -0.2) is 17.2 Å². The standard InChI is InChI=1S/C15H9ClF2N2S/c16-8-5-10-14(9-3-1-2-4-11(9)17)19-7-13(21)20-15(10)12(18)6-8/h1-6H,7H2,(H,20,21). The highest BCUT2D eigenvalue weighted by atomic mass is 35.5. The van der Waals surface area contributed by atoms with E-state index < -0.39 is 11.6 Å². The number of halogens is 3. The third-order valence-electron chi connectivity index (χ3n) is 3.08. The highest BCUT2D eigenvalue weighted by molar-refractivity contribution is 7.80. The van der Waals surface area contributed by atoms with E-state index in [1.807, 2.05) is 0 Å². The van der Waals surface area contributed by atoms with Gasteiger partial charge in [0.15, 0.2) is 0 Å². The van der Waals surface area contributed by atoms with Gasteiger partial charge < -0.3 is 5.32 Å². The number of nitrogens with zero attached hydrogens (tertiary/aromatic N) is 1. The van der Waals surface area contributed by atoms with E-state index in [1.165, 1.54) is 12.1 Å². The van der Waals surface area contributed by atoms with Crippen LogP contribution in [0.2, 0.25) is 5.02 Å². The second kappa shape index (κ2) is 5.50. The second-order valence-corrected chi connectivity index (χ2v) is 5.43. The number of benzodiazepines with no additional fused rings is 1. The predicted octanol–water partition coefficient (Wildman–Crippen LogP) is 4.21. The van der Waals surface area contributed by atoms with E-state index in [1.54, 1.807) is 24.3 Å². The van der Waals surface area contributed by atoms with Crippen LogP contribution in [0.4, 0.5) is 14.5 Å². The van der Waals surface area contributed by atoms with Crippen LogP contribution in [0.5, 0.6) is 0 Å². The van der Waals surface area contributed by atoms with Gasteiger partial charge in [0.1, 0.15) is 16.6 Å². The summed E-state index contributed by atoms with van der Waals surface area (Å²) in [6, 6.07) is 8.92. The summed E-state index contributed by atoms with van der Waals surface area (Å²) < 4.78 is 28.2. The maximum Gasteiger partial charge on any atom is 0.148 e. The van der Waals surface area contributed by atoms with Gasteiger partial charge in [0.2, 0.25) is 0 Å².